The standard InChI is InChI=1S/C27H35N7O2/c1-4-24-16-22(12-13-34(24)30-3)31-21-11-7-10-20(15-21)26(35)33-25(14-19-8-5-6-9-19)27(36)32-23(17-28)18-29-2/h4,7,10-13,15-19,25,31H,3,5-6,8-9,14,28H2,1-2H3,(H,32,36)(H,33,35)/b23-17+,24-4-,29-18?. The van der Waals surface area contributed by atoms with Gasteiger partial charge in [-0.05, 0) is 49.6 Å². The van der Waals surface area contributed by atoms with Crippen molar-refractivity contribution in [2.45, 2.75) is 45.1 Å². The third kappa shape index (κ3) is 7.18. The average molecular weight is 490 g/mol. The molecule has 1 aromatic rings. The minimum atomic E-state index is -0.684. The summed E-state index contributed by atoms with van der Waals surface area (Å²) in [5, 5.41) is 14.6. The van der Waals surface area contributed by atoms with E-state index in [1.54, 1.807) is 36.5 Å². The Labute approximate surface area is 212 Å². The number of aliphatic imine (C=N–C) groups is 1. The molecule has 9 nitrogen and oxygen atoms in total. The van der Waals surface area contributed by atoms with Crippen molar-refractivity contribution >= 4 is 30.4 Å². The number of nitrogens with two attached hydrogens (primary N) is 1. The molecule has 9 heteroatoms. The molecule has 0 spiro atoms. The van der Waals surface area contributed by atoms with Crippen LogP contribution in [0.2, 0.25) is 0 Å². The van der Waals surface area contributed by atoms with E-state index in [0.29, 0.717) is 23.6 Å². The van der Waals surface area contributed by atoms with Gasteiger partial charge in [0.05, 0.1) is 11.4 Å². The van der Waals surface area contributed by atoms with Gasteiger partial charge in [-0.15, -0.1) is 0 Å². The van der Waals surface area contributed by atoms with Gasteiger partial charge in [0.25, 0.3) is 5.91 Å². The lowest BCUT2D eigenvalue weighted by Gasteiger charge is -2.22. The molecule has 5 N–H and O–H groups in total. The average Bonchev–Trinajstić information content (AvgIpc) is 3.41. The molecule has 0 saturated heterocycles. The number of nitrogens with zero attached hydrogens (tertiary/aromatic N) is 3. The fourth-order valence-electron chi connectivity index (χ4n) is 4.38. The predicted molar refractivity (Wildman–Crippen MR) is 145 cm³/mol. The zero-order valence-electron chi connectivity index (χ0n) is 20.9. The van der Waals surface area contributed by atoms with Gasteiger partial charge in [0, 0.05) is 49.3 Å². The summed E-state index contributed by atoms with van der Waals surface area (Å²) < 4.78 is 0. The lowest BCUT2D eigenvalue weighted by molar-refractivity contribution is -0.122. The molecule has 1 fully saturated rings. The van der Waals surface area contributed by atoms with Crippen molar-refractivity contribution in [3.8, 4) is 0 Å². The number of hydrazone groups is 1. The predicted octanol–water partition coefficient (Wildman–Crippen LogP) is 3.63. The van der Waals surface area contributed by atoms with Crippen molar-refractivity contribution in [1.29, 1.82) is 0 Å². The summed E-state index contributed by atoms with van der Waals surface area (Å²) in [6, 6.07) is 6.49. The van der Waals surface area contributed by atoms with Crippen LogP contribution in [0.1, 0.15) is 49.4 Å². The lowest BCUT2D eigenvalue weighted by atomic mass is 9.97. The Kier molecular flexibility index (Phi) is 9.62. The maximum atomic E-state index is 13.2. The molecule has 36 heavy (non-hydrogen) atoms. The van der Waals surface area contributed by atoms with Crippen LogP contribution < -0.4 is 21.7 Å². The Morgan fingerprint density at radius 2 is 2.08 bits per heavy atom. The Bertz CT molecular complexity index is 1110. The highest BCUT2D eigenvalue weighted by atomic mass is 16.2. The van der Waals surface area contributed by atoms with E-state index in [4.69, 9.17) is 5.73 Å². The largest absolute Gasteiger partial charge is 0.403 e. The van der Waals surface area contributed by atoms with Gasteiger partial charge in [0.15, 0.2) is 0 Å². The van der Waals surface area contributed by atoms with Crippen molar-refractivity contribution in [3.05, 3.63) is 77.5 Å². The van der Waals surface area contributed by atoms with Crippen molar-refractivity contribution in [2.75, 3.05) is 12.4 Å². The van der Waals surface area contributed by atoms with Gasteiger partial charge >= 0.3 is 0 Å². The minimum absolute atomic E-state index is 0.308. The first-order valence-electron chi connectivity index (χ1n) is 12.1. The number of rotatable bonds is 10. The quantitative estimate of drug-likeness (QED) is 0.374. The molecule has 1 heterocycles. The zero-order chi connectivity index (χ0) is 25.9. The van der Waals surface area contributed by atoms with E-state index in [0.717, 1.165) is 42.8 Å². The molecule has 1 aliphatic carbocycles. The van der Waals surface area contributed by atoms with Crippen LogP contribution in [0, 0.1) is 5.92 Å². The van der Waals surface area contributed by atoms with E-state index >= 15 is 0 Å². The second-order valence-electron chi connectivity index (χ2n) is 8.73. The van der Waals surface area contributed by atoms with Crippen molar-refractivity contribution in [1.82, 2.24) is 15.6 Å². The number of anilines is 1. The van der Waals surface area contributed by atoms with Gasteiger partial charge in [0.2, 0.25) is 5.91 Å². The molecule has 0 aromatic heterocycles. The Hall–Kier alpha value is -4.14. The Morgan fingerprint density at radius 3 is 2.75 bits per heavy atom. The van der Waals surface area contributed by atoms with Crippen molar-refractivity contribution in [3.63, 3.8) is 0 Å². The lowest BCUT2D eigenvalue weighted by Crippen LogP contribution is -2.47. The monoisotopic (exact) mass is 489 g/mol. The van der Waals surface area contributed by atoms with E-state index in [1.165, 1.54) is 12.4 Å². The SMILES string of the molecule is C=NN1C=CC(Nc2cccc(C(=O)NC(CC3CCCC3)C(=O)N/C(C=NC)=C/N)c2)=C/C1=C/C. The highest BCUT2D eigenvalue weighted by Crippen LogP contribution is 2.29. The topological polar surface area (TPSA) is 124 Å². The number of benzene rings is 1. The van der Waals surface area contributed by atoms with Gasteiger partial charge in [-0.25, -0.2) is 5.01 Å². The van der Waals surface area contributed by atoms with Crippen LogP contribution in [-0.2, 0) is 4.79 Å². The summed E-state index contributed by atoms with van der Waals surface area (Å²) in [7, 11) is 1.60. The smallest absolute Gasteiger partial charge is 0.252 e. The van der Waals surface area contributed by atoms with Gasteiger partial charge in [0.1, 0.15) is 6.04 Å². The first-order valence-corrected chi connectivity index (χ1v) is 12.1. The van der Waals surface area contributed by atoms with E-state index in [2.05, 4.69) is 32.8 Å². The van der Waals surface area contributed by atoms with Crippen LogP contribution >= 0.6 is 0 Å². The fraction of sp³-hybridized carbons (Fsp3) is 0.333. The van der Waals surface area contributed by atoms with Crippen LogP contribution in [-0.4, -0.2) is 42.8 Å². The summed E-state index contributed by atoms with van der Waals surface area (Å²) in [4.78, 5) is 30.1. The summed E-state index contributed by atoms with van der Waals surface area (Å²) in [5.41, 5.74) is 8.92. The maximum Gasteiger partial charge on any atom is 0.252 e. The molecule has 190 valence electrons. The van der Waals surface area contributed by atoms with Crippen LogP contribution in [0.25, 0.3) is 0 Å². The number of hydrogen-bond donors (Lipinski definition) is 4. The van der Waals surface area contributed by atoms with Gasteiger partial charge in [-0.3, -0.25) is 14.6 Å². The molecule has 1 unspecified atom stereocenters. The Morgan fingerprint density at radius 1 is 1.31 bits per heavy atom. The second-order valence-corrected chi connectivity index (χ2v) is 8.73. The number of amides is 2. The first kappa shape index (κ1) is 26.5. The van der Waals surface area contributed by atoms with Crippen LogP contribution in [0.15, 0.2) is 82.1 Å². The van der Waals surface area contributed by atoms with Gasteiger partial charge < -0.3 is 21.7 Å². The molecule has 2 amide bonds. The molecular formula is C27H35N7O2. The van der Waals surface area contributed by atoms with E-state index < -0.39 is 6.04 Å². The molecule has 1 saturated carbocycles. The van der Waals surface area contributed by atoms with E-state index in [1.807, 2.05) is 31.2 Å². The number of carbonyl (C=O) groups is 2. The van der Waals surface area contributed by atoms with Crippen LogP contribution in [0.5, 0.6) is 0 Å². The first-order chi connectivity index (χ1) is 17.5. The van der Waals surface area contributed by atoms with E-state index in [9.17, 15) is 9.59 Å². The summed E-state index contributed by atoms with van der Waals surface area (Å²) in [6.07, 6.45) is 15.3. The van der Waals surface area contributed by atoms with Gasteiger partial charge in [-0.1, -0.05) is 37.8 Å². The molecule has 1 aromatic carbocycles. The minimum Gasteiger partial charge on any atom is -0.403 e. The third-order valence-electron chi connectivity index (χ3n) is 6.21. The molecule has 0 bridgehead atoms. The maximum absolute atomic E-state index is 13.2. The molecular weight excluding hydrogens is 454 g/mol. The Balaban J connectivity index is 1.73. The normalized spacial score (nSPS) is 18.3. The highest BCUT2D eigenvalue weighted by molar-refractivity contribution is 5.99. The molecule has 3 rings (SSSR count). The van der Waals surface area contributed by atoms with E-state index in [-0.39, 0.29) is 11.8 Å². The summed E-state index contributed by atoms with van der Waals surface area (Å²) in [6.45, 7) is 5.49. The van der Waals surface area contributed by atoms with Crippen molar-refractivity contribution in [2.24, 2.45) is 21.7 Å². The number of hydrogen-bond acceptors (Lipinski definition) is 7. The highest BCUT2D eigenvalue weighted by Gasteiger charge is 2.27. The van der Waals surface area contributed by atoms with Gasteiger partial charge in [-0.2, -0.15) is 5.10 Å². The molecule has 0 radical (unpaired) electrons. The zero-order valence-corrected chi connectivity index (χ0v) is 20.9. The van der Waals surface area contributed by atoms with Crippen molar-refractivity contribution < 1.29 is 9.59 Å². The fourth-order valence-corrected chi connectivity index (χ4v) is 4.38. The van der Waals surface area contributed by atoms with Crippen LogP contribution in [0.4, 0.5) is 5.69 Å². The molecule has 2 aliphatic rings. The summed E-state index contributed by atoms with van der Waals surface area (Å²) >= 11 is 0. The van der Waals surface area contributed by atoms with Crippen LogP contribution in [0.3, 0.4) is 0 Å². The number of allylic oxidation sites excluding steroid dienone is 4. The molecule has 1 atom stereocenters. The molecule has 1 aliphatic heterocycles. The number of nitrogens with one attached hydrogen (secondary N) is 3. The number of carbonyl (C=O) groups excluding carboxylic acids is 2. The second kappa shape index (κ2) is 13.1. The third-order valence-corrected chi connectivity index (χ3v) is 6.21. The summed E-state index contributed by atoms with van der Waals surface area (Å²) in [5.74, 6) is -0.226.